The predicted octanol–water partition coefficient (Wildman–Crippen LogP) is 2.32. The summed E-state index contributed by atoms with van der Waals surface area (Å²) in [6.07, 6.45) is 3.48. The molecular formula is C15H20FNO3. The summed E-state index contributed by atoms with van der Waals surface area (Å²) < 4.78 is 18.5. The number of carbonyl (C=O) groups excluding carboxylic acids is 1. The Morgan fingerprint density at radius 2 is 2.20 bits per heavy atom. The number of carbonyl (C=O) groups is 1. The number of halogens is 1. The Balaban J connectivity index is 1.91. The number of amides is 1. The number of benzene rings is 1. The van der Waals surface area contributed by atoms with Crippen LogP contribution in [0.15, 0.2) is 18.2 Å². The lowest BCUT2D eigenvalue weighted by Gasteiger charge is -2.15. The van der Waals surface area contributed by atoms with Gasteiger partial charge in [-0.3, -0.25) is 4.79 Å². The Morgan fingerprint density at radius 1 is 1.50 bits per heavy atom. The number of aliphatic hydroxyl groups is 1. The van der Waals surface area contributed by atoms with Crippen LogP contribution in [-0.2, 0) is 4.79 Å². The monoisotopic (exact) mass is 281 g/mol. The van der Waals surface area contributed by atoms with Gasteiger partial charge in [0, 0.05) is 11.6 Å². The van der Waals surface area contributed by atoms with E-state index in [2.05, 4.69) is 5.32 Å². The molecule has 0 saturated heterocycles. The van der Waals surface area contributed by atoms with E-state index in [0.717, 1.165) is 25.7 Å². The standard InChI is InChI=1S/C15H20FNO3/c1-10(18)13-8-11(16)6-7-14(13)20-9-15(19)17-12-4-2-3-5-12/h6-8,10,12,18H,2-5,9H2,1H3,(H,17,19)/t10-/m1/s1. The lowest BCUT2D eigenvalue weighted by Crippen LogP contribution is -2.36. The second-order valence-electron chi connectivity index (χ2n) is 5.20. The van der Waals surface area contributed by atoms with Crippen molar-refractivity contribution in [3.63, 3.8) is 0 Å². The fourth-order valence-electron chi connectivity index (χ4n) is 2.46. The second-order valence-corrected chi connectivity index (χ2v) is 5.20. The molecule has 1 fully saturated rings. The lowest BCUT2D eigenvalue weighted by atomic mass is 10.1. The molecule has 2 N–H and O–H groups in total. The molecule has 1 saturated carbocycles. The Labute approximate surface area is 117 Å². The molecule has 2 rings (SSSR count). The molecular weight excluding hydrogens is 261 g/mol. The molecule has 1 aromatic carbocycles. The predicted molar refractivity (Wildman–Crippen MR) is 72.9 cm³/mol. The number of nitrogens with one attached hydrogen (secondary N) is 1. The first-order chi connectivity index (χ1) is 9.56. The van der Waals surface area contributed by atoms with Crippen molar-refractivity contribution in [1.82, 2.24) is 5.32 Å². The quantitative estimate of drug-likeness (QED) is 0.870. The SMILES string of the molecule is C[C@@H](O)c1cc(F)ccc1OCC(=O)NC1CCCC1. The van der Waals surface area contributed by atoms with Gasteiger partial charge >= 0.3 is 0 Å². The van der Waals surface area contributed by atoms with Crippen molar-refractivity contribution < 1.29 is 19.0 Å². The number of aliphatic hydroxyl groups excluding tert-OH is 1. The van der Waals surface area contributed by atoms with Gasteiger partial charge in [0.15, 0.2) is 6.61 Å². The summed E-state index contributed by atoms with van der Waals surface area (Å²) in [6.45, 7) is 1.40. The van der Waals surface area contributed by atoms with Gasteiger partial charge in [0.1, 0.15) is 11.6 Å². The molecule has 0 spiro atoms. The van der Waals surface area contributed by atoms with Crippen molar-refractivity contribution in [1.29, 1.82) is 0 Å². The molecule has 1 amide bonds. The second kappa shape index (κ2) is 6.70. The first-order valence-corrected chi connectivity index (χ1v) is 6.96. The van der Waals surface area contributed by atoms with Crippen LogP contribution in [0.5, 0.6) is 5.75 Å². The molecule has 20 heavy (non-hydrogen) atoms. The number of hydrogen-bond donors (Lipinski definition) is 2. The first kappa shape index (κ1) is 14.8. The fraction of sp³-hybridized carbons (Fsp3) is 0.533. The van der Waals surface area contributed by atoms with Gasteiger partial charge in [-0.15, -0.1) is 0 Å². The van der Waals surface area contributed by atoms with Crippen molar-refractivity contribution in [2.45, 2.75) is 44.8 Å². The molecule has 5 heteroatoms. The normalized spacial score (nSPS) is 16.9. The van der Waals surface area contributed by atoms with Crippen LogP contribution in [0.4, 0.5) is 4.39 Å². The highest BCUT2D eigenvalue weighted by Gasteiger charge is 2.18. The summed E-state index contributed by atoms with van der Waals surface area (Å²) in [4.78, 5) is 11.7. The van der Waals surface area contributed by atoms with E-state index in [4.69, 9.17) is 4.74 Å². The molecule has 0 unspecified atom stereocenters. The number of hydrogen-bond acceptors (Lipinski definition) is 3. The van der Waals surface area contributed by atoms with Gasteiger partial charge in [0.05, 0.1) is 6.10 Å². The van der Waals surface area contributed by atoms with Crippen LogP contribution < -0.4 is 10.1 Å². The van der Waals surface area contributed by atoms with E-state index in [1.54, 1.807) is 0 Å². The third-order valence-corrected chi connectivity index (χ3v) is 3.50. The summed E-state index contributed by atoms with van der Waals surface area (Å²) in [7, 11) is 0. The third-order valence-electron chi connectivity index (χ3n) is 3.50. The molecule has 1 aromatic rings. The molecule has 1 atom stereocenters. The van der Waals surface area contributed by atoms with Gasteiger partial charge in [-0.05, 0) is 38.0 Å². The minimum atomic E-state index is -0.849. The van der Waals surface area contributed by atoms with Gasteiger partial charge in [0.2, 0.25) is 0 Å². The highest BCUT2D eigenvalue weighted by molar-refractivity contribution is 5.77. The van der Waals surface area contributed by atoms with Gasteiger partial charge in [-0.1, -0.05) is 12.8 Å². The molecule has 4 nitrogen and oxygen atoms in total. The van der Waals surface area contributed by atoms with Gasteiger partial charge < -0.3 is 15.2 Å². The third kappa shape index (κ3) is 3.93. The maximum atomic E-state index is 13.1. The van der Waals surface area contributed by atoms with Crippen molar-refractivity contribution in [2.24, 2.45) is 0 Å². The smallest absolute Gasteiger partial charge is 0.258 e. The van der Waals surface area contributed by atoms with E-state index in [1.165, 1.54) is 25.1 Å². The van der Waals surface area contributed by atoms with Crippen LogP contribution in [0.1, 0.15) is 44.3 Å². The van der Waals surface area contributed by atoms with E-state index < -0.39 is 11.9 Å². The molecule has 0 bridgehead atoms. The van der Waals surface area contributed by atoms with Gasteiger partial charge in [0.25, 0.3) is 5.91 Å². The average Bonchev–Trinajstić information content (AvgIpc) is 2.90. The average molecular weight is 281 g/mol. The highest BCUT2D eigenvalue weighted by atomic mass is 19.1. The van der Waals surface area contributed by atoms with Crippen molar-refractivity contribution in [3.8, 4) is 5.75 Å². The summed E-state index contributed by atoms with van der Waals surface area (Å²) in [5.74, 6) is -0.288. The number of ether oxygens (including phenoxy) is 1. The zero-order valence-electron chi connectivity index (χ0n) is 11.6. The Hall–Kier alpha value is -1.62. The molecule has 0 radical (unpaired) electrons. The summed E-state index contributed by atoms with van der Waals surface area (Å²) >= 11 is 0. The van der Waals surface area contributed by atoms with Crippen molar-refractivity contribution >= 4 is 5.91 Å². The maximum Gasteiger partial charge on any atom is 0.258 e. The van der Waals surface area contributed by atoms with Crippen LogP contribution in [0.3, 0.4) is 0 Å². The topological polar surface area (TPSA) is 58.6 Å². The first-order valence-electron chi connectivity index (χ1n) is 6.96. The number of rotatable bonds is 5. The summed E-state index contributed by atoms with van der Waals surface area (Å²) in [6, 6.07) is 4.14. The minimum Gasteiger partial charge on any atom is -0.483 e. The van der Waals surface area contributed by atoms with Crippen LogP contribution in [0.25, 0.3) is 0 Å². The summed E-state index contributed by atoms with van der Waals surface area (Å²) in [5, 5.41) is 12.5. The van der Waals surface area contributed by atoms with E-state index >= 15 is 0 Å². The molecule has 0 aromatic heterocycles. The molecule has 0 aliphatic heterocycles. The van der Waals surface area contributed by atoms with Crippen LogP contribution in [0.2, 0.25) is 0 Å². The van der Waals surface area contributed by atoms with Crippen LogP contribution in [-0.4, -0.2) is 23.7 Å². The summed E-state index contributed by atoms with van der Waals surface area (Å²) in [5.41, 5.74) is 0.346. The minimum absolute atomic E-state index is 0.123. The zero-order valence-corrected chi connectivity index (χ0v) is 11.6. The van der Waals surface area contributed by atoms with Crippen molar-refractivity contribution in [2.75, 3.05) is 6.61 Å². The van der Waals surface area contributed by atoms with E-state index in [0.29, 0.717) is 11.3 Å². The lowest BCUT2D eigenvalue weighted by molar-refractivity contribution is -0.123. The van der Waals surface area contributed by atoms with E-state index in [1.807, 2.05) is 0 Å². The fourth-order valence-corrected chi connectivity index (χ4v) is 2.46. The van der Waals surface area contributed by atoms with Gasteiger partial charge in [-0.25, -0.2) is 4.39 Å². The van der Waals surface area contributed by atoms with Crippen LogP contribution in [0, 0.1) is 5.82 Å². The van der Waals surface area contributed by atoms with Gasteiger partial charge in [-0.2, -0.15) is 0 Å². The maximum absolute atomic E-state index is 13.1. The largest absolute Gasteiger partial charge is 0.483 e. The molecule has 1 aliphatic carbocycles. The van der Waals surface area contributed by atoms with Crippen LogP contribution >= 0.6 is 0 Å². The Kier molecular flexibility index (Phi) is 4.95. The molecule has 110 valence electrons. The highest BCUT2D eigenvalue weighted by Crippen LogP contribution is 2.26. The zero-order chi connectivity index (χ0) is 14.5. The Morgan fingerprint density at radius 3 is 2.85 bits per heavy atom. The molecule has 0 heterocycles. The van der Waals surface area contributed by atoms with E-state index in [9.17, 15) is 14.3 Å². The Bertz CT molecular complexity index is 470. The van der Waals surface area contributed by atoms with Crippen molar-refractivity contribution in [3.05, 3.63) is 29.6 Å². The molecule has 1 aliphatic rings. The van der Waals surface area contributed by atoms with E-state index in [-0.39, 0.29) is 18.6 Å².